The zero-order valence-corrected chi connectivity index (χ0v) is 17.9. The first kappa shape index (κ1) is 21.0. The number of carbonyl (C=O) groups excluding carboxylic acids is 2. The molecule has 2 N–H and O–H groups in total. The molecule has 0 unspecified atom stereocenters. The molecule has 162 valence electrons. The molecule has 0 spiro atoms. The van der Waals surface area contributed by atoms with Crippen LogP contribution >= 0.6 is 0 Å². The predicted octanol–water partition coefficient (Wildman–Crippen LogP) is 2.29. The maximum atomic E-state index is 12.8. The van der Waals surface area contributed by atoms with Crippen LogP contribution in [0, 0.1) is 13.8 Å². The Morgan fingerprint density at radius 2 is 1.59 bits per heavy atom. The Kier molecular flexibility index (Phi) is 5.55. The first-order valence-corrected chi connectivity index (χ1v) is 10.1. The lowest BCUT2D eigenvalue weighted by atomic mass is 10.1. The molecule has 4 aromatic rings. The minimum absolute atomic E-state index is 0.0504. The van der Waals surface area contributed by atoms with E-state index in [1.54, 1.807) is 42.8 Å². The van der Waals surface area contributed by atoms with Gasteiger partial charge in [-0.15, -0.1) is 0 Å². The number of fused-ring (bicyclic) bond motifs is 1. The number of nitrogens with zero attached hydrogens (tertiary/aromatic N) is 4. The van der Waals surface area contributed by atoms with Crippen LogP contribution in [0.15, 0.2) is 59.5 Å². The van der Waals surface area contributed by atoms with Crippen LogP contribution < -0.4 is 16.4 Å². The van der Waals surface area contributed by atoms with Crippen molar-refractivity contribution in [1.82, 2.24) is 30.4 Å². The van der Waals surface area contributed by atoms with Gasteiger partial charge in [0.2, 0.25) is 0 Å². The minimum atomic E-state index is -0.625. The lowest BCUT2D eigenvalue weighted by Crippen LogP contribution is -2.43. The first-order chi connectivity index (χ1) is 15.4. The van der Waals surface area contributed by atoms with E-state index in [2.05, 4.69) is 21.0 Å². The van der Waals surface area contributed by atoms with Crippen LogP contribution in [-0.2, 0) is 6.54 Å². The van der Waals surface area contributed by atoms with Gasteiger partial charge in [-0.1, -0.05) is 35.9 Å². The Morgan fingerprint density at radius 3 is 2.28 bits per heavy atom. The summed E-state index contributed by atoms with van der Waals surface area (Å²) in [5, 5.41) is 9.25. The number of amides is 2. The van der Waals surface area contributed by atoms with Crippen molar-refractivity contribution < 1.29 is 9.59 Å². The molecule has 9 nitrogen and oxygen atoms in total. The smallest absolute Gasteiger partial charge is 0.267 e. The number of nitrogens with one attached hydrogen (secondary N) is 2. The highest BCUT2D eigenvalue weighted by atomic mass is 16.2. The fraction of sp³-hybridized carbons (Fsp3) is 0.174. The molecule has 2 aromatic carbocycles. The quantitative estimate of drug-likeness (QED) is 0.483. The molecule has 4 rings (SSSR count). The summed E-state index contributed by atoms with van der Waals surface area (Å²) < 4.78 is 2.87. The number of hydrogen-bond donors (Lipinski definition) is 2. The van der Waals surface area contributed by atoms with Gasteiger partial charge < -0.3 is 0 Å². The standard InChI is InChI=1S/C23H22N6O3/c1-4-28-23(32)18-8-6-5-7-17(18)20(27-28)22(31)26-25-21(30)19-13-24-29(15(19)3)16-11-9-14(2)10-12-16/h5-13H,4H2,1-3H3,(H,25,30)(H,26,31). The molecular formula is C23H22N6O3. The molecule has 32 heavy (non-hydrogen) atoms. The highest BCUT2D eigenvalue weighted by Gasteiger charge is 2.19. The summed E-state index contributed by atoms with van der Waals surface area (Å²) in [6.07, 6.45) is 1.45. The molecule has 0 atom stereocenters. The number of hydrazine groups is 1. The van der Waals surface area contributed by atoms with Gasteiger partial charge in [-0.25, -0.2) is 9.36 Å². The van der Waals surface area contributed by atoms with Gasteiger partial charge >= 0.3 is 0 Å². The van der Waals surface area contributed by atoms with Gasteiger partial charge in [0, 0.05) is 11.9 Å². The van der Waals surface area contributed by atoms with Crippen molar-refractivity contribution in [2.75, 3.05) is 0 Å². The number of benzene rings is 2. The topological polar surface area (TPSA) is 111 Å². The van der Waals surface area contributed by atoms with E-state index < -0.39 is 11.8 Å². The van der Waals surface area contributed by atoms with Crippen LogP contribution in [0.4, 0.5) is 0 Å². The molecule has 2 amide bonds. The number of rotatable bonds is 4. The zero-order valence-electron chi connectivity index (χ0n) is 17.9. The fourth-order valence-corrected chi connectivity index (χ4v) is 3.44. The lowest BCUT2D eigenvalue weighted by molar-refractivity contribution is 0.0843. The Morgan fingerprint density at radius 1 is 0.938 bits per heavy atom. The highest BCUT2D eigenvalue weighted by Crippen LogP contribution is 2.15. The van der Waals surface area contributed by atoms with Crippen molar-refractivity contribution in [2.45, 2.75) is 27.3 Å². The van der Waals surface area contributed by atoms with E-state index in [1.807, 2.05) is 31.2 Å². The number of hydrogen-bond acceptors (Lipinski definition) is 5. The minimum Gasteiger partial charge on any atom is -0.267 e. The average molecular weight is 430 g/mol. The first-order valence-electron chi connectivity index (χ1n) is 10.1. The van der Waals surface area contributed by atoms with Crippen molar-refractivity contribution in [3.05, 3.63) is 87.6 Å². The van der Waals surface area contributed by atoms with Gasteiger partial charge in [0.1, 0.15) is 0 Å². The molecule has 0 aliphatic heterocycles. The van der Waals surface area contributed by atoms with E-state index in [0.29, 0.717) is 28.6 Å². The second kappa shape index (κ2) is 8.46. The van der Waals surface area contributed by atoms with E-state index in [0.717, 1.165) is 11.3 Å². The maximum absolute atomic E-state index is 12.8. The normalized spacial score (nSPS) is 10.8. The Labute approximate surface area is 183 Å². The second-order valence-corrected chi connectivity index (χ2v) is 7.31. The van der Waals surface area contributed by atoms with Gasteiger partial charge in [-0.3, -0.25) is 25.2 Å². The Bertz CT molecular complexity index is 1390. The SMILES string of the molecule is CCn1nc(C(=O)NNC(=O)c2cnn(-c3ccc(C)cc3)c2C)c2ccccc2c1=O. The van der Waals surface area contributed by atoms with Gasteiger partial charge in [0.25, 0.3) is 17.4 Å². The second-order valence-electron chi connectivity index (χ2n) is 7.31. The fourth-order valence-electron chi connectivity index (χ4n) is 3.44. The molecule has 0 saturated carbocycles. The van der Waals surface area contributed by atoms with Crippen LogP contribution in [0.25, 0.3) is 16.5 Å². The molecule has 0 bridgehead atoms. The average Bonchev–Trinajstić information content (AvgIpc) is 3.19. The third-order valence-electron chi connectivity index (χ3n) is 5.20. The maximum Gasteiger partial charge on any atom is 0.290 e. The van der Waals surface area contributed by atoms with Crippen LogP contribution in [-0.4, -0.2) is 31.4 Å². The largest absolute Gasteiger partial charge is 0.290 e. The molecular weight excluding hydrogens is 408 g/mol. The zero-order chi connectivity index (χ0) is 22.8. The molecule has 0 saturated heterocycles. The molecule has 2 aromatic heterocycles. The van der Waals surface area contributed by atoms with Crippen molar-refractivity contribution in [2.24, 2.45) is 0 Å². The van der Waals surface area contributed by atoms with Gasteiger partial charge in [-0.2, -0.15) is 10.2 Å². The third kappa shape index (κ3) is 3.76. The highest BCUT2D eigenvalue weighted by molar-refractivity contribution is 6.06. The van der Waals surface area contributed by atoms with E-state index in [1.165, 1.54) is 10.9 Å². The summed E-state index contributed by atoms with van der Waals surface area (Å²) in [7, 11) is 0. The molecule has 0 aliphatic carbocycles. The summed E-state index contributed by atoms with van der Waals surface area (Å²) in [4.78, 5) is 37.9. The molecule has 9 heteroatoms. The predicted molar refractivity (Wildman–Crippen MR) is 120 cm³/mol. The summed E-state index contributed by atoms with van der Waals surface area (Å²) >= 11 is 0. The molecule has 0 fully saturated rings. The van der Waals surface area contributed by atoms with Crippen molar-refractivity contribution >= 4 is 22.6 Å². The summed E-state index contributed by atoms with van der Waals surface area (Å²) in [6, 6.07) is 14.5. The van der Waals surface area contributed by atoms with E-state index in [4.69, 9.17) is 0 Å². The van der Waals surface area contributed by atoms with Crippen molar-refractivity contribution in [1.29, 1.82) is 0 Å². The van der Waals surface area contributed by atoms with Gasteiger partial charge in [-0.05, 0) is 39.0 Å². The van der Waals surface area contributed by atoms with Crippen molar-refractivity contribution in [3.63, 3.8) is 0 Å². The molecule has 0 radical (unpaired) electrons. The van der Waals surface area contributed by atoms with Crippen molar-refractivity contribution in [3.8, 4) is 5.69 Å². The van der Waals surface area contributed by atoms with Gasteiger partial charge in [0.05, 0.1) is 28.5 Å². The molecule has 0 aliphatic rings. The number of aromatic nitrogens is 4. The van der Waals surface area contributed by atoms with E-state index in [-0.39, 0.29) is 11.3 Å². The van der Waals surface area contributed by atoms with Crippen LogP contribution in [0.3, 0.4) is 0 Å². The van der Waals surface area contributed by atoms with Crippen LogP contribution in [0.5, 0.6) is 0 Å². The summed E-state index contributed by atoms with van der Waals surface area (Å²) in [5.74, 6) is -1.14. The third-order valence-corrected chi connectivity index (χ3v) is 5.20. The summed E-state index contributed by atoms with van der Waals surface area (Å²) in [6.45, 7) is 5.84. The van der Waals surface area contributed by atoms with Gasteiger partial charge in [0.15, 0.2) is 5.69 Å². The van der Waals surface area contributed by atoms with E-state index in [9.17, 15) is 14.4 Å². The van der Waals surface area contributed by atoms with Crippen LogP contribution in [0.2, 0.25) is 0 Å². The monoisotopic (exact) mass is 430 g/mol. The number of carbonyl (C=O) groups is 2. The number of aryl methyl sites for hydroxylation is 2. The molecule has 2 heterocycles. The van der Waals surface area contributed by atoms with E-state index >= 15 is 0 Å². The summed E-state index contributed by atoms with van der Waals surface area (Å²) in [5.41, 5.74) is 7.47. The lowest BCUT2D eigenvalue weighted by Gasteiger charge is -2.11. The Hall–Kier alpha value is -4.27. The Balaban J connectivity index is 1.56. The van der Waals surface area contributed by atoms with Crippen LogP contribution in [0.1, 0.15) is 39.0 Å².